The summed E-state index contributed by atoms with van der Waals surface area (Å²) in [7, 11) is 1.41. The number of H-pyrrole nitrogens is 1. The number of rotatable bonds is 5. The highest BCUT2D eigenvalue weighted by Crippen LogP contribution is 2.21. The van der Waals surface area contributed by atoms with E-state index in [4.69, 9.17) is 0 Å². The van der Waals surface area contributed by atoms with Gasteiger partial charge in [-0.05, 0) is 12.1 Å². The van der Waals surface area contributed by atoms with Gasteiger partial charge in [-0.3, -0.25) is 19.1 Å². The molecule has 130 valence electrons. The first-order valence-electron chi connectivity index (χ1n) is 7.09. The molecule has 1 N–H and O–H groups in total. The molecule has 3 rings (SSSR count). The average Bonchev–Trinajstić information content (AvgIpc) is 2.97. The van der Waals surface area contributed by atoms with Crippen LogP contribution in [0.3, 0.4) is 0 Å². The van der Waals surface area contributed by atoms with E-state index in [0.29, 0.717) is 0 Å². The van der Waals surface area contributed by atoms with Gasteiger partial charge in [0.15, 0.2) is 11.3 Å². The number of imidazole rings is 1. The lowest BCUT2D eigenvalue weighted by atomic mass is 10.1. The summed E-state index contributed by atoms with van der Waals surface area (Å²) in [5.41, 5.74) is -1.24. The van der Waals surface area contributed by atoms with Crippen LogP contribution in [0, 0.1) is 0 Å². The number of fused-ring (bicyclic) bond motifs is 1. The number of alkyl halides is 2. The monoisotopic (exact) mass is 350 g/mol. The second-order valence-corrected chi connectivity index (χ2v) is 5.16. The Morgan fingerprint density at radius 2 is 2.04 bits per heavy atom. The Bertz CT molecular complexity index is 1070. The van der Waals surface area contributed by atoms with Gasteiger partial charge in [0.2, 0.25) is 0 Å². The highest BCUT2D eigenvalue weighted by Gasteiger charge is 2.18. The van der Waals surface area contributed by atoms with Gasteiger partial charge in [0.1, 0.15) is 11.4 Å². The molecule has 8 nitrogen and oxygen atoms in total. The second kappa shape index (κ2) is 6.30. The maximum atomic E-state index is 12.5. The summed E-state index contributed by atoms with van der Waals surface area (Å²) in [5.74, 6) is -0.790. The van der Waals surface area contributed by atoms with Crippen molar-refractivity contribution in [1.29, 1.82) is 0 Å². The molecule has 0 spiro atoms. The lowest BCUT2D eigenvalue weighted by Crippen LogP contribution is -2.29. The summed E-state index contributed by atoms with van der Waals surface area (Å²) >= 11 is 0. The average molecular weight is 350 g/mol. The topological polar surface area (TPSA) is 99.0 Å². The minimum atomic E-state index is -3.07. The van der Waals surface area contributed by atoms with Crippen LogP contribution in [0.5, 0.6) is 5.75 Å². The fourth-order valence-electron chi connectivity index (χ4n) is 2.48. The SMILES string of the molecule is Cn1c(=O)[nH]c(=O)c2ncn(CC(=O)c3ccccc3OC(F)F)c21. The number of hydrogen-bond donors (Lipinski definition) is 1. The first kappa shape index (κ1) is 16.6. The number of carbonyl (C=O) groups excluding carboxylic acids is 1. The van der Waals surface area contributed by atoms with E-state index in [-0.39, 0.29) is 29.0 Å². The summed E-state index contributed by atoms with van der Waals surface area (Å²) in [6, 6.07) is 5.58. The fraction of sp³-hybridized carbons (Fsp3) is 0.200. The maximum Gasteiger partial charge on any atom is 0.387 e. The summed E-state index contributed by atoms with van der Waals surface area (Å²) in [6.45, 7) is -3.38. The molecule has 0 radical (unpaired) electrons. The van der Waals surface area contributed by atoms with Gasteiger partial charge in [0, 0.05) is 7.05 Å². The molecule has 0 aliphatic rings. The number of ether oxygens (including phenoxy) is 1. The van der Waals surface area contributed by atoms with E-state index in [1.54, 1.807) is 0 Å². The van der Waals surface area contributed by atoms with Gasteiger partial charge < -0.3 is 9.30 Å². The van der Waals surface area contributed by atoms with Gasteiger partial charge in [-0.15, -0.1) is 0 Å². The molecular weight excluding hydrogens is 338 g/mol. The predicted molar refractivity (Wildman–Crippen MR) is 83.0 cm³/mol. The number of Topliss-reactive ketones (excluding diaryl/α,β-unsaturated/α-hetero) is 1. The van der Waals surface area contributed by atoms with Crippen LogP contribution in [-0.2, 0) is 13.6 Å². The Balaban J connectivity index is 2.02. The first-order chi connectivity index (χ1) is 11.9. The summed E-state index contributed by atoms with van der Waals surface area (Å²) < 4.78 is 31.7. The van der Waals surface area contributed by atoms with E-state index in [1.165, 1.54) is 42.2 Å². The van der Waals surface area contributed by atoms with Crippen molar-refractivity contribution in [3.8, 4) is 5.75 Å². The number of aryl methyl sites for hydroxylation is 1. The number of nitrogens with one attached hydrogen (secondary N) is 1. The van der Waals surface area contributed by atoms with E-state index in [2.05, 4.69) is 14.7 Å². The molecule has 0 saturated heterocycles. The molecule has 0 saturated carbocycles. The van der Waals surface area contributed by atoms with Crippen molar-refractivity contribution in [2.45, 2.75) is 13.2 Å². The Kier molecular flexibility index (Phi) is 4.17. The third-order valence-electron chi connectivity index (χ3n) is 3.59. The molecule has 10 heteroatoms. The number of nitrogens with zero attached hydrogens (tertiary/aromatic N) is 3. The molecule has 1 aromatic carbocycles. The largest absolute Gasteiger partial charge is 0.434 e. The van der Waals surface area contributed by atoms with Crippen LogP contribution >= 0.6 is 0 Å². The second-order valence-electron chi connectivity index (χ2n) is 5.16. The van der Waals surface area contributed by atoms with Crippen LogP contribution in [-0.4, -0.2) is 31.5 Å². The number of aromatic amines is 1. The minimum Gasteiger partial charge on any atom is -0.434 e. The minimum absolute atomic E-state index is 0.00739. The van der Waals surface area contributed by atoms with Gasteiger partial charge in [-0.2, -0.15) is 8.78 Å². The van der Waals surface area contributed by atoms with E-state index in [1.807, 2.05) is 0 Å². The molecule has 0 aliphatic heterocycles. The van der Waals surface area contributed by atoms with Crippen LogP contribution in [0.2, 0.25) is 0 Å². The van der Waals surface area contributed by atoms with Crippen molar-refractivity contribution in [1.82, 2.24) is 19.1 Å². The highest BCUT2D eigenvalue weighted by molar-refractivity contribution is 5.99. The first-order valence-corrected chi connectivity index (χ1v) is 7.09. The third kappa shape index (κ3) is 3.05. The number of para-hydroxylation sites is 1. The Hall–Kier alpha value is -3.30. The number of aromatic nitrogens is 4. The van der Waals surface area contributed by atoms with Gasteiger partial charge in [-0.1, -0.05) is 12.1 Å². The van der Waals surface area contributed by atoms with Crippen molar-refractivity contribution < 1.29 is 18.3 Å². The molecule has 3 aromatic rings. The molecule has 0 amide bonds. The number of carbonyl (C=O) groups is 1. The lowest BCUT2D eigenvalue weighted by molar-refractivity contribution is -0.0501. The molecule has 0 atom stereocenters. The van der Waals surface area contributed by atoms with E-state index in [0.717, 1.165) is 4.57 Å². The molecule has 2 heterocycles. The van der Waals surface area contributed by atoms with Gasteiger partial charge in [0.25, 0.3) is 5.56 Å². The van der Waals surface area contributed by atoms with Crippen molar-refractivity contribution in [3.63, 3.8) is 0 Å². The number of halogens is 2. The number of ketones is 1. The number of hydrogen-bond acceptors (Lipinski definition) is 5. The molecule has 0 bridgehead atoms. The zero-order valence-corrected chi connectivity index (χ0v) is 12.9. The zero-order chi connectivity index (χ0) is 18.1. The molecule has 2 aromatic heterocycles. The molecule has 0 unspecified atom stereocenters. The molecule has 0 aliphatic carbocycles. The Labute approximate surface area is 138 Å². The Morgan fingerprint density at radius 3 is 2.76 bits per heavy atom. The Morgan fingerprint density at radius 1 is 1.32 bits per heavy atom. The summed E-state index contributed by atoms with van der Waals surface area (Å²) in [5, 5.41) is 0. The van der Waals surface area contributed by atoms with Crippen molar-refractivity contribution in [2.75, 3.05) is 0 Å². The lowest BCUT2D eigenvalue weighted by Gasteiger charge is -2.11. The van der Waals surface area contributed by atoms with Crippen molar-refractivity contribution >= 4 is 16.9 Å². The van der Waals surface area contributed by atoms with Crippen LogP contribution in [0.25, 0.3) is 11.2 Å². The molecule has 0 fully saturated rings. The van der Waals surface area contributed by atoms with Crippen molar-refractivity contribution in [3.05, 3.63) is 57.0 Å². The quantitative estimate of drug-likeness (QED) is 0.690. The predicted octanol–water partition coefficient (Wildman–Crippen LogP) is 0.908. The van der Waals surface area contributed by atoms with Crippen molar-refractivity contribution in [2.24, 2.45) is 7.05 Å². The van der Waals surface area contributed by atoms with Crippen LogP contribution in [0.15, 0.2) is 40.2 Å². The van der Waals surface area contributed by atoms with Gasteiger partial charge >= 0.3 is 12.3 Å². The van der Waals surface area contributed by atoms with E-state index < -0.39 is 23.6 Å². The fourth-order valence-corrected chi connectivity index (χ4v) is 2.48. The summed E-state index contributed by atoms with van der Waals surface area (Å²) in [4.78, 5) is 42.0. The normalized spacial score (nSPS) is 11.2. The van der Waals surface area contributed by atoms with Gasteiger partial charge in [-0.25, -0.2) is 9.78 Å². The maximum absolute atomic E-state index is 12.5. The van der Waals surface area contributed by atoms with Crippen LogP contribution in [0.4, 0.5) is 8.78 Å². The van der Waals surface area contributed by atoms with Crippen LogP contribution < -0.4 is 16.0 Å². The zero-order valence-electron chi connectivity index (χ0n) is 12.9. The molecular formula is C15H12F2N4O4. The van der Waals surface area contributed by atoms with E-state index in [9.17, 15) is 23.2 Å². The number of benzene rings is 1. The van der Waals surface area contributed by atoms with Crippen LogP contribution in [0.1, 0.15) is 10.4 Å². The van der Waals surface area contributed by atoms with Gasteiger partial charge in [0.05, 0.1) is 18.4 Å². The standard InChI is InChI=1S/C15H12F2N4O4/c1-20-13-11(12(23)19-15(20)24)18-7-21(13)6-9(22)8-4-2-3-5-10(8)25-14(16)17/h2-5,7,14H,6H2,1H3,(H,19,23,24). The smallest absolute Gasteiger partial charge is 0.387 e. The highest BCUT2D eigenvalue weighted by atomic mass is 19.3. The third-order valence-corrected chi connectivity index (χ3v) is 3.59. The van der Waals surface area contributed by atoms with E-state index >= 15 is 0 Å². The molecule has 25 heavy (non-hydrogen) atoms. The summed E-state index contributed by atoms with van der Waals surface area (Å²) in [6.07, 6.45) is 1.23.